The van der Waals surface area contributed by atoms with E-state index in [4.69, 9.17) is 9.72 Å². The van der Waals surface area contributed by atoms with Gasteiger partial charge in [0.2, 0.25) is 0 Å². The SMILES string of the molecule is CC[C@@]1(O)CC(=O)OCc2c1cc1n(c2=O)Cc2c-1nc1cc(F)ccc1c2CC(C)(C)C. The molecule has 6 nitrogen and oxygen atoms in total. The summed E-state index contributed by atoms with van der Waals surface area (Å²) in [7, 11) is 0. The number of fused-ring (bicyclic) bond motifs is 5. The fraction of sp³-hybridized carbons (Fsp3) is 0.423. The first-order chi connectivity index (χ1) is 15.5. The number of pyridine rings is 2. The Morgan fingerprint density at radius 3 is 2.67 bits per heavy atom. The molecule has 0 saturated heterocycles. The van der Waals surface area contributed by atoms with Crippen LogP contribution in [0.25, 0.3) is 22.3 Å². The van der Waals surface area contributed by atoms with Crippen molar-refractivity contribution in [1.82, 2.24) is 9.55 Å². The fourth-order valence-corrected chi connectivity index (χ4v) is 5.07. The minimum absolute atomic E-state index is 0.0377. The molecule has 7 heteroatoms. The molecular weight excluding hydrogens is 423 g/mol. The molecule has 1 aromatic carbocycles. The molecule has 0 unspecified atom stereocenters. The second-order valence-corrected chi connectivity index (χ2v) is 10.4. The zero-order valence-electron chi connectivity index (χ0n) is 19.3. The molecule has 0 radical (unpaired) electrons. The highest BCUT2D eigenvalue weighted by Crippen LogP contribution is 2.41. The molecule has 0 aliphatic carbocycles. The van der Waals surface area contributed by atoms with E-state index in [-0.39, 0.29) is 36.2 Å². The first kappa shape index (κ1) is 21.8. The number of benzene rings is 1. The topological polar surface area (TPSA) is 81.4 Å². The normalized spacial score (nSPS) is 19.6. The number of nitrogens with zero attached hydrogens (tertiary/aromatic N) is 2. The molecule has 1 atom stereocenters. The van der Waals surface area contributed by atoms with Crippen molar-refractivity contribution in [2.24, 2.45) is 5.41 Å². The molecule has 0 bridgehead atoms. The summed E-state index contributed by atoms with van der Waals surface area (Å²) >= 11 is 0. The van der Waals surface area contributed by atoms with Crippen molar-refractivity contribution in [1.29, 1.82) is 0 Å². The van der Waals surface area contributed by atoms with Crippen molar-refractivity contribution >= 4 is 16.9 Å². The van der Waals surface area contributed by atoms with Gasteiger partial charge in [0.1, 0.15) is 18.0 Å². The van der Waals surface area contributed by atoms with Gasteiger partial charge >= 0.3 is 5.97 Å². The molecule has 33 heavy (non-hydrogen) atoms. The Kier molecular flexibility index (Phi) is 4.76. The van der Waals surface area contributed by atoms with E-state index in [1.54, 1.807) is 23.6 Å². The molecular formula is C26H27FN2O4. The number of cyclic esters (lactones) is 1. The molecule has 0 fully saturated rings. The predicted molar refractivity (Wildman–Crippen MR) is 122 cm³/mol. The van der Waals surface area contributed by atoms with Crippen LogP contribution in [0, 0.1) is 11.2 Å². The van der Waals surface area contributed by atoms with Gasteiger partial charge in [-0.3, -0.25) is 9.59 Å². The van der Waals surface area contributed by atoms with Gasteiger partial charge in [0.05, 0.1) is 35.4 Å². The van der Waals surface area contributed by atoms with Gasteiger partial charge in [-0.1, -0.05) is 27.7 Å². The molecule has 1 N–H and O–H groups in total. The number of carbonyl (C=O) groups is 1. The highest BCUT2D eigenvalue weighted by molar-refractivity contribution is 5.88. The first-order valence-corrected chi connectivity index (χ1v) is 11.3. The van der Waals surface area contributed by atoms with E-state index in [0.29, 0.717) is 34.6 Å². The van der Waals surface area contributed by atoms with Gasteiger partial charge in [-0.15, -0.1) is 0 Å². The molecule has 4 heterocycles. The second-order valence-electron chi connectivity index (χ2n) is 10.4. The number of aromatic nitrogens is 2. The Hall–Kier alpha value is -3.06. The van der Waals surface area contributed by atoms with Crippen LogP contribution in [0.1, 0.15) is 62.8 Å². The van der Waals surface area contributed by atoms with Gasteiger partial charge in [-0.2, -0.15) is 0 Å². The summed E-state index contributed by atoms with van der Waals surface area (Å²) in [5, 5.41) is 12.2. The van der Waals surface area contributed by atoms with Crippen LogP contribution in [-0.4, -0.2) is 20.6 Å². The monoisotopic (exact) mass is 450 g/mol. The van der Waals surface area contributed by atoms with Crippen molar-refractivity contribution < 1.29 is 19.0 Å². The van der Waals surface area contributed by atoms with Crippen molar-refractivity contribution in [2.45, 2.75) is 65.7 Å². The van der Waals surface area contributed by atoms with E-state index < -0.39 is 11.6 Å². The molecule has 3 aromatic rings. The Balaban J connectivity index is 1.81. The molecule has 0 saturated carbocycles. The summed E-state index contributed by atoms with van der Waals surface area (Å²) in [5.41, 5.74) is 2.64. The third-order valence-electron chi connectivity index (χ3n) is 6.73. The number of hydrogen-bond acceptors (Lipinski definition) is 5. The van der Waals surface area contributed by atoms with E-state index >= 15 is 0 Å². The van der Waals surface area contributed by atoms with Crippen LogP contribution in [0.15, 0.2) is 29.1 Å². The van der Waals surface area contributed by atoms with Gasteiger partial charge in [0.15, 0.2) is 0 Å². The van der Waals surface area contributed by atoms with Crippen LogP contribution < -0.4 is 5.56 Å². The molecule has 0 amide bonds. The van der Waals surface area contributed by atoms with Crippen LogP contribution in [-0.2, 0) is 34.7 Å². The number of hydrogen-bond donors (Lipinski definition) is 1. The summed E-state index contributed by atoms with van der Waals surface area (Å²) in [6.07, 6.45) is 0.785. The van der Waals surface area contributed by atoms with Crippen molar-refractivity contribution in [3.8, 4) is 11.4 Å². The van der Waals surface area contributed by atoms with E-state index in [2.05, 4.69) is 20.8 Å². The van der Waals surface area contributed by atoms with Crippen LogP contribution in [0.3, 0.4) is 0 Å². The highest BCUT2D eigenvalue weighted by Gasteiger charge is 2.40. The Morgan fingerprint density at radius 1 is 1.21 bits per heavy atom. The quantitative estimate of drug-likeness (QED) is 0.463. The first-order valence-electron chi connectivity index (χ1n) is 11.3. The number of esters is 1. The van der Waals surface area contributed by atoms with E-state index in [1.807, 2.05) is 0 Å². The second kappa shape index (κ2) is 7.22. The Bertz CT molecular complexity index is 1390. The average Bonchev–Trinajstić information content (AvgIpc) is 3.04. The van der Waals surface area contributed by atoms with Crippen LogP contribution in [0.5, 0.6) is 0 Å². The third-order valence-corrected chi connectivity index (χ3v) is 6.73. The lowest BCUT2D eigenvalue weighted by atomic mass is 9.84. The number of rotatable bonds is 2. The van der Waals surface area contributed by atoms with Gasteiger partial charge in [-0.05, 0) is 47.6 Å². The number of halogens is 1. The van der Waals surface area contributed by atoms with Crippen molar-refractivity contribution in [3.63, 3.8) is 0 Å². The van der Waals surface area contributed by atoms with E-state index in [1.165, 1.54) is 12.1 Å². The molecule has 5 rings (SSSR count). The molecule has 172 valence electrons. The van der Waals surface area contributed by atoms with Gasteiger partial charge < -0.3 is 14.4 Å². The zero-order chi connectivity index (χ0) is 23.7. The highest BCUT2D eigenvalue weighted by atomic mass is 19.1. The standard InChI is InChI=1S/C26H27FN2O4/c1-5-26(32)11-22(30)33-13-18-19(26)9-21-23-17(12-29(21)24(18)31)16(10-25(2,3)4)15-7-6-14(27)8-20(15)28-23/h6-9,32H,5,10-13H2,1-4H3/t26-/m1/s1. The van der Waals surface area contributed by atoms with Crippen molar-refractivity contribution in [3.05, 3.63) is 62.7 Å². The maximum Gasteiger partial charge on any atom is 0.309 e. The molecule has 2 aliphatic rings. The summed E-state index contributed by atoms with van der Waals surface area (Å²) in [4.78, 5) is 30.4. The summed E-state index contributed by atoms with van der Waals surface area (Å²) in [6, 6.07) is 6.39. The number of aliphatic hydroxyl groups is 1. The van der Waals surface area contributed by atoms with Crippen LogP contribution in [0.2, 0.25) is 0 Å². The summed E-state index contributed by atoms with van der Waals surface area (Å²) < 4.78 is 21.0. The minimum Gasteiger partial charge on any atom is -0.460 e. The lowest BCUT2D eigenvalue weighted by molar-refractivity contribution is -0.149. The number of ether oxygens (including phenoxy) is 1. The van der Waals surface area contributed by atoms with E-state index in [9.17, 15) is 19.1 Å². The minimum atomic E-state index is -1.49. The zero-order valence-corrected chi connectivity index (χ0v) is 19.3. The van der Waals surface area contributed by atoms with Gasteiger partial charge in [0.25, 0.3) is 5.56 Å². The lowest BCUT2D eigenvalue weighted by Crippen LogP contribution is -2.32. The largest absolute Gasteiger partial charge is 0.460 e. The van der Waals surface area contributed by atoms with Gasteiger partial charge in [-0.25, -0.2) is 9.37 Å². The lowest BCUT2D eigenvalue weighted by Gasteiger charge is -2.26. The Labute approximate surface area is 191 Å². The molecule has 2 aromatic heterocycles. The van der Waals surface area contributed by atoms with Crippen LogP contribution in [0.4, 0.5) is 4.39 Å². The average molecular weight is 451 g/mol. The maximum atomic E-state index is 14.1. The summed E-state index contributed by atoms with van der Waals surface area (Å²) in [5.74, 6) is -0.905. The smallest absolute Gasteiger partial charge is 0.309 e. The molecule has 2 aliphatic heterocycles. The molecule has 0 spiro atoms. The fourth-order valence-electron chi connectivity index (χ4n) is 5.07. The third kappa shape index (κ3) is 3.46. The Morgan fingerprint density at radius 2 is 1.97 bits per heavy atom. The van der Waals surface area contributed by atoms with E-state index in [0.717, 1.165) is 22.9 Å². The van der Waals surface area contributed by atoms with Crippen LogP contribution >= 0.6 is 0 Å². The predicted octanol–water partition coefficient (Wildman–Crippen LogP) is 4.20. The maximum absolute atomic E-state index is 14.1. The number of carbonyl (C=O) groups excluding carboxylic acids is 1. The van der Waals surface area contributed by atoms with Gasteiger partial charge in [0, 0.05) is 17.0 Å². The van der Waals surface area contributed by atoms with Crippen molar-refractivity contribution in [2.75, 3.05) is 0 Å². The summed E-state index contributed by atoms with van der Waals surface area (Å²) in [6.45, 7) is 8.36.